The molecule has 2 N–H and O–H groups in total. The zero-order chi connectivity index (χ0) is 13.1. The average Bonchev–Trinajstić information content (AvgIpc) is 2.69. The highest BCUT2D eigenvalue weighted by Gasteiger charge is 2.28. The number of likely N-dealkylation sites (tertiary alicyclic amines) is 1. The Bertz CT molecular complexity index is 392. The van der Waals surface area contributed by atoms with Gasteiger partial charge in [0.1, 0.15) is 0 Å². The lowest BCUT2D eigenvalue weighted by molar-refractivity contribution is 0.0986. The van der Waals surface area contributed by atoms with Gasteiger partial charge in [0, 0.05) is 17.6 Å². The van der Waals surface area contributed by atoms with Gasteiger partial charge in [-0.05, 0) is 45.3 Å². The van der Waals surface area contributed by atoms with Gasteiger partial charge in [0.2, 0.25) is 0 Å². The third-order valence-corrected chi connectivity index (χ3v) is 5.32. The van der Waals surface area contributed by atoms with Crippen LogP contribution in [0.2, 0.25) is 8.67 Å². The Labute approximate surface area is 123 Å². The van der Waals surface area contributed by atoms with Crippen molar-refractivity contribution < 1.29 is 0 Å². The Balaban J connectivity index is 2.15. The lowest BCUT2D eigenvalue weighted by Crippen LogP contribution is -2.42. The second-order valence-electron chi connectivity index (χ2n) is 4.92. The topological polar surface area (TPSA) is 29.3 Å². The molecule has 1 aromatic rings. The summed E-state index contributed by atoms with van der Waals surface area (Å²) in [6.07, 6.45) is 4.89. The van der Waals surface area contributed by atoms with Gasteiger partial charge in [-0.3, -0.25) is 4.90 Å². The van der Waals surface area contributed by atoms with Crippen molar-refractivity contribution in [2.45, 2.75) is 44.7 Å². The van der Waals surface area contributed by atoms with Gasteiger partial charge < -0.3 is 5.73 Å². The third kappa shape index (κ3) is 3.20. The van der Waals surface area contributed by atoms with Crippen molar-refractivity contribution in [3.05, 3.63) is 20.3 Å². The SMILES string of the molecule is CC(c1cc(Cl)sc1Cl)N1CCCCC1CCN. The second kappa shape index (κ2) is 6.58. The molecule has 1 aliphatic heterocycles. The molecule has 0 aromatic carbocycles. The molecule has 18 heavy (non-hydrogen) atoms. The molecule has 1 fully saturated rings. The normalized spacial score (nSPS) is 23.2. The minimum Gasteiger partial charge on any atom is -0.330 e. The first-order valence-corrected chi connectivity index (χ1v) is 8.11. The first-order valence-electron chi connectivity index (χ1n) is 6.54. The van der Waals surface area contributed by atoms with Gasteiger partial charge in [0.25, 0.3) is 0 Å². The van der Waals surface area contributed by atoms with E-state index in [0.29, 0.717) is 12.1 Å². The number of thiophene rings is 1. The summed E-state index contributed by atoms with van der Waals surface area (Å²) in [5.74, 6) is 0. The van der Waals surface area contributed by atoms with E-state index in [0.717, 1.165) is 33.7 Å². The molecule has 0 aliphatic carbocycles. The van der Waals surface area contributed by atoms with E-state index in [9.17, 15) is 0 Å². The lowest BCUT2D eigenvalue weighted by Gasteiger charge is -2.40. The summed E-state index contributed by atoms with van der Waals surface area (Å²) in [5.41, 5.74) is 6.89. The van der Waals surface area contributed by atoms with Gasteiger partial charge in [0.15, 0.2) is 0 Å². The van der Waals surface area contributed by atoms with Crippen molar-refractivity contribution >= 4 is 34.5 Å². The number of rotatable bonds is 4. The van der Waals surface area contributed by atoms with Gasteiger partial charge in [-0.1, -0.05) is 29.6 Å². The molecule has 1 saturated heterocycles. The summed E-state index contributed by atoms with van der Waals surface area (Å²) in [5, 5.41) is 0. The quantitative estimate of drug-likeness (QED) is 0.897. The van der Waals surface area contributed by atoms with E-state index in [1.54, 1.807) is 0 Å². The van der Waals surface area contributed by atoms with Crippen molar-refractivity contribution in [1.82, 2.24) is 4.90 Å². The summed E-state index contributed by atoms with van der Waals surface area (Å²) in [4.78, 5) is 2.54. The summed E-state index contributed by atoms with van der Waals surface area (Å²) in [6.45, 7) is 4.11. The molecule has 5 heteroatoms. The molecule has 102 valence electrons. The molecule has 0 spiro atoms. The van der Waals surface area contributed by atoms with E-state index in [2.05, 4.69) is 11.8 Å². The number of nitrogens with zero attached hydrogens (tertiary/aromatic N) is 1. The highest BCUT2D eigenvalue weighted by atomic mass is 35.5. The first-order chi connectivity index (χ1) is 8.63. The molecule has 2 nitrogen and oxygen atoms in total. The van der Waals surface area contributed by atoms with E-state index in [1.807, 2.05) is 6.07 Å². The van der Waals surface area contributed by atoms with Gasteiger partial charge in [-0.25, -0.2) is 0 Å². The number of halogens is 2. The fourth-order valence-electron chi connectivity index (χ4n) is 2.85. The maximum Gasteiger partial charge on any atom is 0.0991 e. The number of piperidine rings is 1. The molecular formula is C13H20Cl2N2S. The predicted molar refractivity (Wildman–Crippen MR) is 80.8 cm³/mol. The maximum absolute atomic E-state index is 6.27. The van der Waals surface area contributed by atoms with Crippen molar-refractivity contribution in [2.75, 3.05) is 13.1 Å². The largest absolute Gasteiger partial charge is 0.330 e. The molecule has 0 radical (unpaired) electrons. The molecule has 2 rings (SSSR count). The molecule has 1 aliphatic rings. The molecule has 0 bridgehead atoms. The van der Waals surface area contributed by atoms with Crippen molar-refractivity contribution in [3.63, 3.8) is 0 Å². The van der Waals surface area contributed by atoms with Gasteiger partial charge in [0.05, 0.1) is 8.67 Å². The number of hydrogen-bond acceptors (Lipinski definition) is 3. The smallest absolute Gasteiger partial charge is 0.0991 e. The van der Waals surface area contributed by atoms with E-state index in [4.69, 9.17) is 28.9 Å². The number of nitrogens with two attached hydrogens (primary N) is 1. The second-order valence-corrected chi connectivity index (χ2v) is 7.21. The fraction of sp³-hybridized carbons (Fsp3) is 0.692. The van der Waals surface area contributed by atoms with Crippen LogP contribution in [0.15, 0.2) is 6.07 Å². The Hall–Kier alpha value is 0.200. The Kier molecular flexibility index (Phi) is 5.34. The van der Waals surface area contributed by atoms with Crippen LogP contribution in [0.4, 0.5) is 0 Å². The van der Waals surface area contributed by atoms with Crippen molar-refractivity contribution in [1.29, 1.82) is 0 Å². The van der Waals surface area contributed by atoms with Crippen LogP contribution in [0.3, 0.4) is 0 Å². The first kappa shape index (κ1) is 14.6. The van der Waals surface area contributed by atoms with Crippen LogP contribution in [0.25, 0.3) is 0 Å². The van der Waals surface area contributed by atoms with Crippen LogP contribution in [0.1, 0.15) is 44.2 Å². The maximum atomic E-state index is 6.27. The Morgan fingerprint density at radius 2 is 2.28 bits per heavy atom. The molecule has 2 heterocycles. The minimum absolute atomic E-state index is 0.332. The van der Waals surface area contributed by atoms with E-state index < -0.39 is 0 Å². The summed E-state index contributed by atoms with van der Waals surface area (Å²) >= 11 is 13.8. The average molecular weight is 307 g/mol. The monoisotopic (exact) mass is 306 g/mol. The highest BCUT2D eigenvalue weighted by Crippen LogP contribution is 2.39. The summed E-state index contributed by atoms with van der Waals surface area (Å²) in [6, 6.07) is 2.93. The van der Waals surface area contributed by atoms with Gasteiger partial charge in [-0.15, -0.1) is 11.3 Å². The highest BCUT2D eigenvalue weighted by molar-refractivity contribution is 7.20. The molecule has 0 saturated carbocycles. The minimum atomic E-state index is 0.332. The molecule has 1 aromatic heterocycles. The summed E-state index contributed by atoms with van der Waals surface area (Å²) in [7, 11) is 0. The van der Waals surface area contributed by atoms with E-state index in [-0.39, 0.29) is 0 Å². The zero-order valence-electron chi connectivity index (χ0n) is 10.7. The molecule has 0 amide bonds. The van der Waals surface area contributed by atoms with Crippen LogP contribution in [0.5, 0.6) is 0 Å². The van der Waals surface area contributed by atoms with Crippen LogP contribution in [-0.2, 0) is 0 Å². The van der Waals surface area contributed by atoms with E-state index >= 15 is 0 Å². The predicted octanol–water partition coefficient (Wildman–Crippen LogP) is 4.32. The van der Waals surface area contributed by atoms with Crippen molar-refractivity contribution in [3.8, 4) is 0 Å². The molecular weight excluding hydrogens is 287 g/mol. The lowest BCUT2D eigenvalue weighted by atomic mass is 9.96. The van der Waals surface area contributed by atoms with Gasteiger partial charge >= 0.3 is 0 Å². The standard InChI is InChI=1S/C13H20Cl2N2S/c1-9(11-8-12(14)18-13(11)15)17-7-3-2-4-10(17)5-6-16/h8-10H,2-7,16H2,1H3. The van der Waals surface area contributed by atoms with Crippen LogP contribution in [0, 0.1) is 0 Å². The van der Waals surface area contributed by atoms with Crippen LogP contribution < -0.4 is 5.73 Å². The van der Waals surface area contributed by atoms with Crippen LogP contribution >= 0.6 is 34.5 Å². The zero-order valence-corrected chi connectivity index (χ0v) is 13.0. The fourth-order valence-corrected chi connectivity index (χ4v) is 4.49. The Morgan fingerprint density at radius 3 is 2.89 bits per heavy atom. The van der Waals surface area contributed by atoms with Crippen molar-refractivity contribution in [2.24, 2.45) is 5.73 Å². The van der Waals surface area contributed by atoms with E-state index in [1.165, 1.54) is 30.6 Å². The van der Waals surface area contributed by atoms with Gasteiger partial charge in [-0.2, -0.15) is 0 Å². The third-order valence-electron chi connectivity index (χ3n) is 3.80. The van der Waals surface area contributed by atoms with Crippen LogP contribution in [-0.4, -0.2) is 24.0 Å². The number of hydrogen-bond donors (Lipinski definition) is 1. The molecule has 2 atom stereocenters. The summed E-state index contributed by atoms with van der Waals surface area (Å²) < 4.78 is 1.60. The molecule has 2 unspecified atom stereocenters. The Morgan fingerprint density at radius 1 is 1.50 bits per heavy atom.